The molecule has 0 atom stereocenters. The molecule has 34 heavy (non-hydrogen) atoms. The molecule has 0 fully saturated rings. The Bertz CT molecular complexity index is 1510. The van der Waals surface area contributed by atoms with Crippen LogP contribution in [0.1, 0.15) is 25.0 Å². The average Bonchev–Trinajstić information content (AvgIpc) is 2.90. The molecule has 1 aliphatic rings. The number of allylic oxidation sites excluding steroid dienone is 4. The highest BCUT2D eigenvalue weighted by Gasteiger charge is 2.11. The maximum Gasteiger partial charge on any atom is -0.0102 e. The Morgan fingerprint density at radius 2 is 0.676 bits per heavy atom. The summed E-state index contributed by atoms with van der Waals surface area (Å²) in [6, 6.07) is 38.6. The molecule has 0 spiro atoms. The molecule has 0 nitrogen and oxygen atoms in total. The molecule has 0 heterocycles. The third kappa shape index (κ3) is 4.36. The van der Waals surface area contributed by atoms with Crippen LogP contribution in [0.4, 0.5) is 0 Å². The van der Waals surface area contributed by atoms with Crippen LogP contribution in [0.2, 0.25) is 0 Å². The summed E-state index contributed by atoms with van der Waals surface area (Å²) in [7, 11) is 0. The van der Waals surface area contributed by atoms with Gasteiger partial charge in [-0.15, -0.1) is 0 Å². The highest BCUT2D eigenvalue weighted by atomic mass is 14.2. The molecule has 0 aromatic heterocycles. The second-order valence-corrected chi connectivity index (χ2v) is 8.66. The summed E-state index contributed by atoms with van der Waals surface area (Å²) in [5, 5.41) is 5.12. The van der Waals surface area contributed by atoms with Gasteiger partial charge in [-0.1, -0.05) is 133 Å². The molecule has 0 saturated heterocycles. The highest BCUT2D eigenvalue weighted by molar-refractivity contribution is 5.84. The molecule has 4 aromatic carbocycles. The fourth-order valence-corrected chi connectivity index (χ4v) is 4.70. The minimum Gasteiger partial charge on any atom is -0.0622 e. The van der Waals surface area contributed by atoms with Gasteiger partial charge < -0.3 is 0 Å². The topological polar surface area (TPSA) is 0 Å². The van der Waals surface area contributed by atoms with E-state index in [1.807, 2.05) is 0 Å². The van der Waals surface area contributed by atoms with Crippen molar-refractivity contribution in [2.45, 2.75) is 13.8 Å². The first-order valence-electron chi connectivity index (χ1n) is 11.8. The van der Waals surface area contributed by atoms with Crippen LogP contribution in [0.15, 0.2) is 132 Å². The van der Waals surface area contributed by atoms with Crippen molar-refractivity contribution in [2.75, 3.05) is 0 Å². The van der Waals surface area contributed by atoms with Crippen molar-refractivity contribution in [3.8, 4) is 0 Å². The van der Waals surface area contributed by atoms with Crippen molar-refractivity contribution >= 4 is 23.3 Å². The quantitative estimate of drug-likeness (QED) is 0.321. The number of fused-ring (bicyclic) bond motifs is 2. The average molecular weight is 437 g/mol. The highest BCUT2D eigenvalue weighted by Crippen LogP contribution is 2.26. The van der Waals surface area contributed by atoms with Gasteiger partial charge in [0.05, 0.1) is 0 Å². The van der Waals surface area contributed by atoms with Crippen LogP contribution in [-0.4, -0.2) is 0 Å². The van der Waals surface area contributed by atoms with Gasteiger partial charge in [0.25, 0.3) is 0 Å². The van der Waals surface area contributed by atoms with E-state index in [1.165, 1.54) is 54.3 Å². The first-order chi connectivity index (χ1) is 16.7. The molecule has 164 valence electrons. The molecular weight excluding hydrogens is 408 g/mol. The van der Waals surface area contributed by atoms with E-state index in [9.17, 15) is 0 Å². The predicted molar refractivity (Wildman–Crippen MR) is 146 cm³/mol. The lowest BCUT2D eigenvalue weighted by atomic mass is 9.89. The van der Waals surface area contributed by atoms with Crippen LogP contribution in [-0.2, 0) is 0 Å². The van der Waals surface area contributed by atoms with E-state index in [0.29, 0.717) is 0 Å². The van der Waals surface area contributed by atoms with Crippen LogP contribution in [0, 0.1) is 10.4 Å². The summed E-state index contributed by atoms with van der Waals surface area (Å²) in [6.45, 7) is 4.50. The lowest BCUT2D eigenvalue weighted by Gasteiger charge is -2.15. The SMILES string of the molecule is CC1=c2ccccc2=c2ccccc2=C(C)C(/C=C/c2ccccc2)=C1/C=C/c1ccccc1. The first-order valence-corrected chi connectivity index (χ1v) is 11.8. The van der Waals surface area contributed by atoms with Crippen molar-refractivity contribution in [2.24, 2.45) is 0 Å². The van der Waals surface area contributed by atoms with Crippen molar-refractivity contribution in [3.05, 3.63) is 164 Å². The number of rotatable bonds is 4. The van der Waals surface area contributed by atoms with Gasteiger partial charge in [-0.25, -0.2) is 0 Å². The zero-order valence-corrected chi connectivity index (χ0v) is 19.7. The minimum atomic E-state index is 1.20. The van der Waals surface area contributed by atoms with Crippen LogP contribution in [0.5, 0.6) is 0 Å². The summed E-state index contributed by atoms with van der Waals surface area (Å²) in [5.41, 5.74) is 7.45. The zero-order chi connectivity index (χ0) is 23.3. The van der Waals surface area contributed by atoms with Gasteiger partial charge in [0.2, 0.25) is 0 Å². The second-order valence-electron chi connectivity index (χ2n) is 8.66. The summed E-state index contributed by atoms with van der Waals surface area (Å²) >= 11 is 0. The Balaban J connectivity index is 1.88. The maximum absolute atomic E-state index is 2.28. The zero-order valence-electron chi connectivity index (χ0n) is 19.7. The van der Waals surface area contributed by atoms with Crippen molar-refractivity contribution in [1.82, 2.24) is 0 Å². The number of hydrogen-bond donors (Lipinski definition) is 0. The lowest BCUT2D eigenvalue weighted by molar-refractivity contribution is 1.33. The van der Waals surface area contributed by atoms with E-state index < -0.39 is 0 Å². The van der Waals surface area contributed by atoms with Gasteiger partial charge in [-0.3, -0.25) is 0 Å². The van der Waals surface area contributed by atoms with Crippen LogP contribution in [0.3, 0.4) is 0 Å². The third-order valence-electron chi connectivity index (χ3n) is 6.53. The molecular formula is C34H28. The van der Waals surface area contributed by atoms with E-state index in [4.69, 9.17) is 0 Å². The molecule has 0 aliphatic heterocycles. The van der Waals surface area contributed by atoms with Crippen LogP contribution in [0.25, 0.3) is 23.3 Å². The fourth-order valence-electron chi connectivity index (χ4n) is 4.70. The van der Waals surface area contributed by atoms with E-state index in [2.05, 4.69) is 147 Å². The summed E-state index contributed by atoms with van der Waals surface area (Å²) in [6.07, 6.45) is 9.00. The Kier molecular flexibility index (Phi) is 6.23. The van der Waals surface area contributed by atoms with Gasteiger partial charge in [0.15, 0.2) is 0 Å². The van der Waals surface area contributed by atoms with Crippen molar-refractivity contribution in [3.63, 3.8) is 0 Å². The number of benzene rings is 4. The summed E-state index contributed by atoms with van der Waals surface area (Å²) < 4.78 is 0. The molecule has 4 aromatic rings. The van der Waals surface area contributed by atoms with E-state index in [1.54, 1.807) is 0 Å². The summed E-state index contributed by atoms with van der Waals surface area (Å²) in [4.78, 5) is 0. The second kappa shape index (κ2) is 9.77. The lowest BCUT2D eigenvalue weighted by Crippen LogP contribution is -2.17. The van der Waals surface area contributed by atoms with Gasteiger partial charge in [0.1, 0.15) is 0 Å². The van der Waals surface area contributed by atoms with Gasteiger partial charge in [0, 0.05) is 0 Å². The Morgan fingerprint density at radius 1 is 0.353 bits per heavy atom. The predicted octanol–water partition coefficient (Wildman–Crippen LogP) is 7.05. The molecule has 0 heteroatoms. The molecule has 0 radical (unpaired) electrons. The summed E-state index contributed by atoms with van der Waals surface area (Å²) in [5.74, 6) is 0. The van der Waals surface area contributed by atoms with E-state index in [-0.39, 0.29) is 0 Å². The largest absolute Gasteiger partial charge is 0.0622 e. The van der Waals surface area contributed by atoms with Gasteiger partial charge >= 0.3 is 0 Å². The minimum absolute atomic E-state index is 1.20. The molecule has 5 rings (SSSR count). The molecule has 0 saturated carbocycles. The first kappa shape index (κ1) is 21.7. The standard InChI is InChI=1S/C34H28/c1-25-29-17-9-11-19-33(29)34-20-12-10-18-30(34)26(2)32(24-22-28-15-7-4-8-16-28)31(25)23-21-27-13-5-3-6-14-27/h3-24H,1-2H3/b23-21+,24-22+,29-25?,30-26?,31-25?,32-26?,32-31-,34-33?. The smallest absolute Gasteiger partial charge is 0.0102 e. The van der Waals surface area contributed by atoms with Gasteiger partial charge in [-0.05, 0) is 68.1 Å². The fraction of sp³-hybridized carbons (Fsp3) is 0.0588. The third-order valence-corrected chi connectivity index (χ3v) is 6.53. The Hall–Kier alpha value is -4.16. The molecule has 1 aliphatic carbocycles. The van der Waals surface area contributed by atoms with E-state index >= 15 is 0 Å². The van der Waals surface area contributed by atoms with Crippen LogP contribution < -0.4 is 10.4 Å². The van der Waals surface area contributed by atoms with Gasteiger partial charge in [-0.2, -0.15) is 0 Å². The number of hydrogen-bond acceptors (Lipinski definition) is 0. The molecule has 0 N–H and O–H groups in total. The monoisotopic (exact) mass is 436 g/mol. The molecule has 0 unspecified atom stereocenters. The Labute approximate surface area is 201 Å². The van der Waals surface area contributed by atoms with Crippen LogP contribution >= 0.6 is 0 Å². The Morgan fingerprint density at radius 3 is 1.06 bits per heavy atom. The molecule has 0 amide bonds. The molecule has 0 bridgehead atoms. The normalized spacial score (nSPS) is 15.8. The van der Waals surface area contributed by atoms with Crippen molar-refractivity contribution < 1.29 is 0 Å². The van der Waals surface area contributed by atoms with E-state index in [0.717, 1.165) is 0 Å². The van der Waals surface area contributed by atoms with Crippen molar-refractivity contribution in [1.29, 1.82) is 0 Å². The maximum atomic E-state index is 2.28.